The molecule has 0 aliphatic heterocycles. The van der Waals surface area contributed by atoms with Crippen molar-refractivity contribution >= 4 is 25.1 Å². The second-order valence-electron chi connectivity index (χ2n) is 3.68. The number of rotatable bonds is 2. The molecule has 0 spiro atoms. The molecule has 5 nitrogen and oxygen atoms in total. The summed E-state index contributed by atoms with van der Waals surface area (Å²) in [5, 5.41) is 2.07. The summed E-state index contributed by atoms with van der Waals surface area (Å²) < 4.78 is 11.0. The lowest BCUT2D eigenvalue weighted by molar-refractivity contribution is -0.122. The van der Waals surface area contributed by atoms with Gasteiger partial charge >= 0.3 is 0 Å². The molecule has 1 aliphatic carbocycles. The number of carbonyl (C=O) groups is 1. The molecule has 0 radical (unpaired) electrons. The molecular weight excluding hydrogens is 225 g/mol. The Morgan fingerprint density at radius 2 is 1.79 bits per heavy atom. The van der Waals surface area contributed by atoms with Gasteiger partial charge in [0.15, 0.2) is 0 Å². The lowest BCUT2D eigenvalue weighted by atomic mass is 9.88. The summed E-state index contributed by atoms with van der Waals surface area (Å²) in [6.45, 7) is 0. The van der Waals surface area contributed by atoms with Gasteiger partial charge in [-0.3, -0.25) is 25.5 Å². The topological polar surface area (TPSA) is 98.2 Å². The molecular formula is C7H15ClN3O2P. The molecule has 1 rings (SSSR count). The number of hydrogen-bond donors (Lipinski definition) is 3. The highest BCUT2D eigenvalue weighted by Gasteiger charge is 2.38. The van der Waals surface area contributed by atoms with Crippen molar-refractivity contribution in [3.05, 3.63) is 0 Å². The molecule has 0 aromatic carbocycles. The summed E-state index contributed by atoms with van der Waals surface area (Å²) in [4.78, 5) is 10.6. The molecule has 0 unspecified atom stereocenters. The highest BCUT2D eigenvalue weighted by molar-refractivity contribution is 7.57. The maximum absolute atomic E-state index is 11.6. The van der Waals surface area contributed by atoms with Crippen LogP contribution < -0.4 is 16.1 Å². The molecule has 0 atom stereocenters. The molecule has 14 heavy (non-hydrogen) atoms. The van der Waals surface area contributed by atoms with Gasteiger partial charge in [0.05, 0.1) is 0 Å². The average Bonchev–Trinajstić information content (AvgIpc) is 2.02. The largest absolute Gasteiger partial charge is 0.300 e. The summed E-state index contributed by atoms with van der Waals surface area (Å²) in [7, 11) is -3.52. The van der Waals surface area contributed by atoms with Crippen molar-refractivity contribution in [2.45, 2.75) is 37.0 Å². The van der Waals surface area contributed by atoms with Gasteiger partial charge in [0.1, 0.15) is 4.87 Å². The molecule has 1 amide bonds. The van der Waals surface area contributed by atoms with Gasteiger partial charge in [0.2, 0.25) is 5.91 Å². The summed E-state index contributed by atoms with van der Waals surface area (Å²) >= 11 is 6.09. The number of halogens is 1. The number of nitrogens with one attached hydrogen (secondary N) is 1. The van der Waals surface area contributed by atoms with Crippen molar-refractivity contribution in [3.63, 3.8) is 0 Å². The fraction of sp³-hybridized carbons (Fsp3) is 0.857. The predicted octanol–water partition coefficient (Wildman–Crippen LogP) is 1.07. The summed E-state index contributed by atoms with van der Waals surface area (Å²) in [6.07, 6.45) is 4.04. The van der Waals surface area contributed by atoms with Crippen LogP contribution in [0.2, 0.25) is 0 Å². The van der Waals surface area contributed by atoms with Crippen molar-refractivity contribution in [1.29, 1.82) is 0 Å². The van der Waals surface area contributed by atoms with Gasteiger partial charge in [-0.25, -0.2) is 0 Å². The minimum atomic E-state index is -3.52. The molecule has 0 bridgehead atoms. The number of amides is 1. The average molecular weight is 240 g/mol. The van der Waals surface area contributed by atoms with Gasteiger partial charge in [0.25, 0.3) is 7.59 Å². The molecule has 7 heteroatoms. The molecule has 5 N–H and O–H groups in total. The van der Waals surface area contributed by atoms with E-state index in [4.69, 9.17) is 22.6 Å². The number of hydrogen-bond acceptors (Lipinski definition) is 2. The van der Waals surface area contributed by atoms with E-state index in [1.807, 2.05) is 0 Å². The van der Waals surface area contributed by atoms with Crippen LogP contribution in [0.25, 0.3) is 0 Å². The maximum Gasteiger partial charge on any atom is 0.300 e. The lowest BCUT2D eigenvalue weighted by Gasteiger charge is -2.30. The van der Waals surface area contributed by atoms with Gasteiger partial charge in [-0.15, -0.1) is 11.6 Å². The summed E-state index contributed by atoms with van der Waals surface area (Å²) in [5.74, 6) is -0.507. The molecule has 1 fully saturated rings. The molecule has 0 heterocycles. The SMILES string of the molecule is NP(N)(=O)NC(=O)C1(Cl)CCCCC1. The fourth-order valence-corrected chi connectivity index (χ4v) is 2.51. The smallest absolute Gasteiger partial charge is 0.282 e. The molecule has 0 aromatic rings. The first-order valence-electron chi connectivity index (χ1n) is 4.52. The quantitative estimate of drug-likeness (QED) is 0.496. The normalized spacial score (nSPS) is 21.6. The van der Waals surface area contributed by atoms with E-state index in [-0.39, 0.29) is 0 Å². The Hall–Kier alpha value is -0.0900. The molecule has 82 valence electrons. The maximum atomic E-state index is 11.6. The third-order valence-corrected chi connectivity index (χ3v) is 3.43. The Labute approximate surface area is 88.1 Å². The van der Waals surface area contributed by atoms with Crippen LogP contribution in [0.15, 0.2) is 0 Å². The van der Waals surface area contributed by atoms with Crippen molar-refractivity contribution in [2.75, 3.05) is 0 Å². The van der Waals surface area contributed by atoms with Crippen LogP contribution in [-0.2, 0) is 9.36 Å². The van der Waals surface area contributed by atoms with Crippen LogP contribution in [0, 0.1) is 0 Å². The van der Waals surface area contributed by atoms with Gasteiger partial charge in [0, 0.05) is 0 Å². The zero-order chi connectivity index (χ0) is 10.8. The standard InChI is InChI=1S/C7H15ClN3O2P/c8-7(4-2-1-3-5-7)6(12)11-14(9,10)13/h1-5H2,(H5,9,10,11,12,13). The molecule has 0 aromatic heterocycles. The van der Waals surface area contributed by atoms with Crippen LogP contribution in [0.1, 0.15) is 32.1 Å². The highest BCUT2D eigenvalue weighted by atomic mass is 35.5. The zero-order valence-corrected chi connectivity index (χ0v) is 9.48. The second kappa shape index (κ2) is 4.19. The Morgan fingerprint density at radius 1 is 1.29 bits per heavy atom. The second-order valence-corrected chi connectivity index (χ2v) is 6.04. The van der Waals surface area contributed by atoms with Crippen molar-refractivity contribution in [1.82, 2.24) is 5.09 Å². The Bertz CT molecular complexity index is 272. The van der Waals surface area contributed by atoms with Crippen molar-refractivity contribution in [3.8, 4) is 0 Å². The van der Waals surface area contributed by atoms with Crippen LogP contribution >= 0.6 is 19.2 Å². The Morgan fingerprint density at radius 3 is 2.21 bits per heavy atom. The molecule has 1 aliphatic rings. The van der Waals surface area contributed by atoms with Gasteiger partial charge in [-0.1, -0.05) is 19.3 Å². The van der Waals surface area contributed by atoms with Crippen molar-refractivity contribution < 1.29 is 9.36 Å². The number of nitrogens with two attached hydrogens (primary N) is 2. The van der Waals surface area contributed by atoms with E-state index in [2.05, 4.69) is 5.09 Å². The van der Waals surface area contributed by atoms with E-state index >= 15 is 0 Å². The summed E-state index contributed by atoms with van der Waals surface area (Å²) in [6, 6.07) is 0. The minimum absolute atomic E-state index is 0.507. The fourth-order valence-electron chi connectivity index (χ4n) is 1.60. The monoisotopic (exact) mass is 239 g/mol. The van der Waals surface area contributed by atoms with E-state index in [1.165, 1.54) is 0 Å². The van der Waals surface area contributed by atoms with Crippen LogP contribution in [0.4, 0.5) is 0 Å². The third-order valence-electron chi connectivity index (χ3n) is 2.33. The Kier molecular flexibility index (Phi) is 3.58. The molecule has 1 saturated carbocycles. The van der Waals surface area contributed by atoms with Gasteiger partial charge < -0.3 is 0 Å². The number of alkyl halides is 1. The summed E-state index contributed by atoms with van der Waals surface area (Å²) in [5.41, 5.74) is 10.1. The van der Waals surface area contributed by atoms with Gasteiger partial charge in [-0.2, -0.15) is 0 Å². The van der Waals surface area contributed by atoms with Crippen LogP contribution in [0.5, 0.6) is 0 Å². The first kappa shape index (κ1) is 12.0. The predicted molar refractivity (Wildman–Crippen MR) is 55.8 cm³/mol. The first-order valence-corrected chi connectivity index (χ1v) is 6.75. The van der Waals surface area contributed by atoms with E-state index in [1.54, 1.807) is 0 Å². The van der Waals surface area contributed by atoms with E-state index in [0.29, 0.717) is 12.8 Å². The highest BCUT2D eigenvalue weighted by Crippen LogP contribution is 2.36. The van der Waals surface area contributed by atoms with Crippen LogP contribution in [-0.4, -0.2) is 10.8 Å². The Balaban J connectivity index is 2.62. The lowest BCUT2D eigenvalue weighted by Crippen LogP contribution is -2.44. The van der Waals surface area contributed by atoms with Crippen molar-refractivity contribution in [2.24, 2.45) is 11.0 Å². The number of carbonyl (C=O) groups excluding carboxylic acids is 1. The van der Waals surface area contributed by atoms with Crippen LogP contribution in [0.3, 0.4) is 0 Å². The van der Waals surface area contributed by atoms with E-state index in [9.17, 15) is 9.36 Å². The first-order chi connectivity index (χ1) is 6.33. The van der Waals surface area contributed by atoms with E-state index in [0.717, 1.165) is 19.3 Å². The zero-order valence-electron chi connectivity index (χ0n) is 7.83. The molecule has 0 saturated heterocycles. The minimum Gasteiger partial charge on any atom is -0.282 e. The van der Waals surface area contributed by atoms with Gasteiger partial charge in [-0.05, 0) is 12.8 Å². The van der Waals surface area contributed by atoms with E-state index < -0.39 is 18.4 Å². The third kappa shape index (κ3) is 3.24.